The number of halogens is 1. The van der Waals surface area contributed by atoms with Gasteiger partial charge < -0.3 is 10.6 Å². The second-order valence-electron chi connectivity index (χ2n) is 6.22. The first-order chi connectivity index (χ1) is 14.3. The van der Waals surface area contributed by atoms with Crippen LogP contribution in [0.5, 0.6) is 0 Å². The van der Waals surface area contributed by atoms with Crippen molar-refractivity contribution in [2.45, 2.75) is 4.90 Å². The van der Waals surface area contributed by atoms with Crippen LogP contribution in [0.1, 0.15) is 20.7 Å². The molecule has 0 unspecified atom stereocenters. The fraction of sp³-hybridized carbons (Fsp3) is 0.0476. The van der Waals surface area contributed by atoms with Crippen molar-refractivity contribution >= 4 is 33.2 Å². The molecule has 0 radical (unpaired) electrons. The van der Waals surface area contributed by atoms with Crippen molar-refractivity contribution in [1.29, 1.82) is 0 Å². The molecule has 0 aliphatic rings. The largest absolute Gasteiger partial charge is 0.355 e. The molecule has 0 heterocycles. The number of para-hydroxylation sites is 1. The van der Waals surface area contributed by atoms with Crippen molar-refractivity contribution in [3.8, 4) is 0 Å². The van der Waals surface area contributed by atoms with Crippen LogP contribution in [-0.4, -0.2) is 27.3 Å². The van der Waals surface area contributed by atoms with Gasteiger partial charge in [-0.2, -0.15) is 0 Å². The minimum absolute atomic E-state index is 0.121. The molecule has 7 nitrogen and oxygen atoms in total. The third kappa shape index (κ3) is 4.81. The minimum atomic E-state index is -4.02. The SMILES string of the molecule is CNC(=O)c1cccc(NC(=O)c2ccc(S(=O)(=O)Nc3ccccc3F)cc2)c1. The molecule has 3 aromatic rings. The Balaban J connectivity index is 1.74. The third-order valence-electron chi connectivity index (χ3n) is 4.15. The zero-order valence-electron chi connectivity index (χ0n) is 15.8. The molecule has 0 bridgehead atoms. The van der Waals surface area contributed by atoms with Crippen LogP contribution < -0.4 is 15.4 Å². The minimum Gasteiger partial charge on any atom is -0.355 e. The second kappa shape index (κ2) is 8.75. The van der Waals surface area contributed by atoms with Gasteiger partial charge in [0.2, 0.25) is 0 Å². The summed E-state index contributed by atoms with van der Waals surface area (Å²) in [5, 5.41) is 5.15. The van der Waals surface area contributed by atoms with Crippen molar-refractivity contribution in [3.63, 3.8) is 0 Å². The van der Waals surface area contributed by atoms with Gasteiger partial charge in [-0.15, -0.1) is 0 Å². The van der Waals surface area contributed by atoms with E-state index in [1.807, 2.05) is 0 Å². The van der Waals surface area contributed by atoms with Crippen LogP contribution in [0.25, 0.3) is 0 Å². The van der Waals surface area contributed by atoms with Crippen LogP contribution in [0.2, 0.25) is 0 Å². The molecule has 0 saturated heterocycles. The summed E-state index contributed by atoms with van der Waals surface area (Å²) in [5.41, 5.74) is 0.843. The van der Waals surface area contributed by atoms with Gasteiger partial charge in [-0.1, -0.05) is 18.2 Å². The Morgan fingerprint density at radius 3 is 2.20 bits per heavy atom. The van der Waals surface area contributed by atoms with Gasteiger partial charge in [-0.05, 0) is 54.6 Å². The van der Waals surface area contributed by atoms with E-state index in [9.17, 15) is 22.4 Å². The maximum atomic E-state index is 13.7. The quantitative estimate of drug-likeness (QED) is 0.562. The van der Waals surface area contributed by atoms with E-state index in [-0.39, 0.29) is 22.1 Å². The van der Waals surface area contributed by atoms with Crippen molar-refractivity contribution in [2.24, 2.45) is 0 Å². The highest BCUT2D eigenvalue weighted by atomic mass is 32.2. The number of sulfonamides is 1. The van der Waals surface area contributed by atoms with E-state index in [0.717, 1.165) is 6.07 Å². The van der Waals surface area contributed by atoms with Crippen molar-refractivity contribution in [1.82, 2.24) is 5.32 Å². The predicted molar refractivity (Wildman–Crippen MR) is 111 cm³/mol. The summed E-state index contributed by atoms with van der Waals surface area (Å²) in [6.07, 6.45) is 0. The summed E-state index contributed by atoms with van der Waals surface area (Å²) in [4.78, 5) is 24.0. The predicted octanol–water partition coefficient (Wildman–Crippen LogP) is 3.24. The average molecular weight is 427 g/mol. The van der Waals surface area contributed by atoms with E-state index in [1.165, 1.54) is 55.6 Å². The number of amides is 2. The van der Waals surface area contributed by atoms with Gasteiger partial charge in [0.25, 0.3) is 21.8 Å². The van der Waals surface area contributed by atoms with Crippen LogP contribution in [-0.2, 0) is 10.0 Å². The highest BCUT2D eigenvalue weighted by Crippen LogP contribution is 2.20. The molecule has 0 aliphatic heterocycles. The van der Waals surface area contributed by atoms with Gasteiger partial charge in [-0.3, -0.25) is 14.3 Å². The van der Waals surface area contributed by atoms with Gasteiger partial charge in [-0.25, -0.2) is 12.8 Å². The lowest BCUT2D eigenvalue weighted by molar-refractivity contribution is 0.0961. The molecule has 3 aromatic carbocycles. The van der Waals surface area contributed by atoms with Crippen molar-refractivity contribution in [2.75, 3.05) is 17.1 Å². The molecule has 0 aromatic heterocycles. The lowest BCUT2D eigenvalue weighted by Crippen LogP contribution is -2.18. The van der Waals surface area contributed by atoms with E-state index < -0.39 is 21.7 Å². The van der Waals surface area contributed by atoms with E-state index >= 15 is 0 Å². The highest BCUT2D eigenvalue weighted by Gasteiger charge is 2.17. The van der Waals surface area contributed by atoms with Crippen molar-refractivity contribution in [3.05, 3.63) is 89.7 Å². The summed E-state index contributed by atoms with van der Waals surface area (Å²) in [5.74, 6) is -1.46. The van der Waals surface area contributed by atoms with Crippen LogP contribution >= 0.6 is 0 Å². The third-order valence-corrected chi connectivity index (χ3v) is 5.54. The lowest BCUT2D eigenvalue weighted by atomic mass is 10.1. The topological polar surface area (TPSA) is 104 Å². The number of anilines is 2. The molecule has 3 N–H and O–H groups in total. The first-order valence-electron chi connectivity index (χ1n) is 8.81. The van der Waals surface area contributed by atoms with Crippen LogP contribution in [0, 0.1) is 5.82 Å². The van der Waals surface area contributed by atoms with E-state index in [2.05, 4.69) is 15.4 Å². The number of hydrogen-bond donors (Lipinski definition) is 3. The molecule has 9 heteroatoms. The molecule has 2 amide bonds. The molecule has 154 valence electrons. The summed E-state index contributed by atoms with van der Waals surface area (Å²) in [7, 11) is -2.52. The smallest absolute Gasteiger partial charge is 0.261 e. The number of carbonyl (C=O) groups is 2. The molecule has 0 fully saturated rings. The highest BCUT2D eigenvalue weighted by molar-refractivity contribution is 7.92. The number of carbonyl (C=O) groups excluding carboxylic acids is 2. The first-order valence-corrected chi connectivity index (χ1v) is 10.3. The fourth-order valence-electron chi connectivity index (χ4n) is 2.62. The van der Waals surface area contributed by atoms with Gasteiger partial charge in [0.05, 0.1) is 10.6 Å². The zero-order valence-corrected chi connectivity index (χ0v) is 16.7. The second-order valence-corrected chi connectivity index (χ2v) is 7.91. The molecule has 30 heavy (non-hydrogen) atoms. The van der Waals surface area contributed by atoms with Crippen LogP contribution in [0.15, 0.2) is 77.7 Å². The Morgan fingerprint density at radius 2 is 1.53 bits per heavy atom. The number of benzene rings is 3. The summed E-state index contributed by atoms with van der Waals surface area (Å²) in [6, 6.07) is 17.0. The van der Waals surface area contributed by atoms with Gasteiger partial charge >= 0.3 is 0 Å². The first kappa shape index (κ1) is 21.0. The Kier molecular flexibility index (Phi) is 6.12. The van der Waals surface area contributed by atoms with Crippen LogP contribution in [0.4, 0.5) is 15.8 Å². The number of hydrogen-bond acceptors (Lipinski definition) is 4. The summed E-state index contributed by atoms with van der Waals surface area (Å²) < 4.78 is 40.8. The molecule has 0 aliphatic carbocycles. The monoisotopic (exact) mass is 427 g/mol. The fourth-order valence-corrected chi connectivity index (χ4v) is 3.69. The lowest BCUT2D eigenvalue weighted by Gasteiger charge is -2.10. The number of nitrogens with one attached hydrogen (secondary N) is 3. The van der Waals surface area contributed by atoms with Gasteiger partial charge in [0.1, 0.15) is 5.82 Å². The maximum Gasteiger partial charge on any atom is 0.261 e. The molecule has 0 spiro atoms. The zero-order chi connectivity index (χ0) is 21.7. The van der Waals surface area contributed by atoms with Gasteiger partial charge in [0, 0.05) is 23.9 Å². The molecule has 0 saturated carbocycles. The average Bonchev–Trinajstić information content (AvgIpc) is 2.75. The van der Waals surface area contributed by atoms with Gasteiger partial charge in [0.15, 0.2) is 0 Å². The Hall–Kier alpha value is -3.72. The molecular formula is C21H18FN3O4S. The standard InChI is InChI=1S/C21H18FN3O4S/c1-23-20(26)15-5-4-6-16(13-15)24-21(27)14-9-11-17(12-10-14)30(28,29)25-19-8-3-2-7-18(19)22/h2-13,25H,1H3,(H,23,26)(H,24,27). The Labute approximate surface area is 173 Å². The Bertz CT molecular complexity index is 1190. The van der Waals surface area contributed by atoms with Crippen molar-refractivity contribution < 1.29 is 22.4 Å². The van der Waals surface area contributed by atoms with E-state index in [1.54, 1.807) is 18.2 Å². The van der Waals surface area contributed by atoms with Crippen LogP contribution in [0.3, 0.4) is 0 Å². The van der Waals surface area contributed by atoms with E-state index in [4.69, 9.17) is 0 Å². The van der Waals surface area contributed by atoms with E-state index in [0.29, 0.717) is 11.3 Å². The maximum absolute atomic E-state index is 13.7. The normalized spacial score (nSPS) is 10.9. The molecular weight excluding hydrogens is 409 g/mol. The number of rotatable bonds is 6. The molecule has 0 atom stereocenters. The summed E-state index contributed by atoms with van der Waals surface area (Å²) in [6.45, 7) is 0. The Morgan fingerprint density at radius 1 is 0.833 bits per heavy atom. The molecule has 3 rings (SSSR count). The summed E-state index contributed by atoms with van der Waals surface area (Å²) >= 11 is 0.